The molecule has 0 aromatic carbocycles. The summed E-state index contributed by atoms with van der Waals surface area (Å²) >= 11 is 1.58. The summed E-state index contributed by atoms with van der Waals surface area (Å²) in [7, 11) is 0. The third kappa shape index (κ3) is 2.15. The van der Waals surface area contributed by atoms with Gasteiger partial charge in [-0.05, 0) is 13.3 Å². The molecule has 1 atom stereocenters. The van der Waals surface area contributed by atoms with E-state index < -0.39 is 18.1 Å². The highest BCUT2D eigenvalue weighted by Crippen LogP contribution is 2.15. The van der Waals surface area contributed by atoms with Gasteiger partial charge >= 0.3 is 11.9 Å². The van der Waals surface area contributed by atoms with Crippen LogP contribution < -0.4 is 5.32 Å². The van der Waals surface area contributed by atoms with Crippen LogP contribution in [-0.2, 0) is 20.7 Å². The van der Waals surface area contributed by atoms with Crippen LogP contribution in [0.3, 0.4) is 0 Å². The summed E-state index contributed by atoms with van der Waals surface area (Å²) in [6.07, 6.45) is 0.779. The monoisotopic (exact) mass is 226 g/mol. The molecule has 0 bridgehead atoms. The number of aryl methyl sites for hydroxylation is 2. The molecule has 1 aliphatic rings. The number of amides is 1. The van der Waals surface area contributed by atoms with E-state index in [0.717, 1.165) is 10.6 Å². The van der Waals surface area contributed by atoms with Crippen LogP contribution in [0.4, 0.5) is 0 Å². The van der Waals surface area contributed by atoms with E-state index in [0.29, 0.717) is 12.8 Å². The van der Waals surface area contributed by atoms with E-state index in [1.165, 1.54) is 0 Å². The molecule has 1 fully saturated rings. The van der Waals surface area contributed by atoms with Crippen LogP contribution in [0.2, 0.25) is 0 Å². The minimum atomic E-state index is -0.796. The fourth-order valence-corrected chi connectivity index (χ4v) is 2.01. The van der Waals surface area contributed by atoms with Crippen LogP contribution in [-0.4, -0.2) is 23.1 Å². The minimum absolute atomic E-state index is 0.494. The zero-order chi connectivity index (χ0) is 10.8. The van der Waals surface area contributed by atoms with Crippen molar-refractivity contribution >= 4 is 23.2 Å². The summed E-state index contributed by atoms with van der Waals surface area (Å²) in [6.45, 7) is 1.99. The van der Waals surface area contributed by atoms with Gasteiger partial charge < -0.3 is 10.1 Å². The number of carbonyl (C=O) groups excluding carboxylic acids is 2. The summed E-state index contributed by atoms with van der Waals surface area (Å²) in [5.74, 6) is -1.45. The number of rotatable bonds is 3. The van der Waals surface area contributed by atoms with Crippen molar-refractivity contribution < 1.29 is 14.3 Å². The molecule has 0 spiro atoms. The van der Waals surface area contributed by atoms with Crippen molar-refractivity contribution in [3.8, 4) is 0 Å². The molecule has 2 heterocycles. The molecule has 0 radical (unpaired) electrons. The minimum Gasteiger partial charge on any atom is -0.435 e. The van der Waals surface area contributed by atoms with Crippen molar-refractivity contribution in [2.75, 3.05) is 0 Å². The van der Waals surface area contributed by atoms with Crippen LogP contribution in [0.15, 0.2) is 5.51 Å². The molecule has 1 saturated heterocycles. The third-order valence-electron chi connectivity index (χ3n) is 2.21. The number of hydrogen-bond acceptors (Lipinski definition) is 5. The van der Waals surface area contributed by atoms with Crippen molar-refractivity contribution in [1.82, 2.24) is 10.3 Å². The number of hydrogen-bond donors (Lipinski definition) is 1. The van der Waals surface area contributed by atoms with E-state index in [9.17, 15) is 9.59 Å². The predicted octanol–water partition coefficient (Wildman–Crippen LogP) is 0.383. The molecular formula is C9H10N2O3S. The summed E-state index contributed by atoms with van der Waals surface area (Å²) < 4.78 is 4.79. The van der Waals surface area contributed by atoms with E-state index in [2.05, 4.69) is 10.3 Å². The quantitative estimate of drug-likeness (QED) is 0.597. The first-order chi connectivity index (χ1) is 7.16. The maximum atomic E-state index is 10.8. The van der Waals surface area contributed by atoms with Gasteiger partial charge in [0.25, 0.3) is 0 Å². The molecule has 1 aromatic heterocycles. The third-order valence-corrected chi connectivity index (χ3v) is 3.01. The predicted molar refractivity (Wildman–Crippen MR) is 53.2 cm³/mol. The normalized spacial score (nSPS) is 20.2. The molecule has 2 rings (SSSR count). The Hall–Kier alpha value is -1.43. The lowest BCUT2D eigenvalue weighted by Gasteiger charge is -2.07. The van der Waals surface area contributed by atoms with Gasteiger partial charge in [-0.2, -0.15) is 0 Å². The van der Waals surface area contributed by atoms with E-state index in [1.807, 2.05) is 6.92 Å². The highest BCUT2D eigenvalue weighted by molar-refractivity contribution is 7.09. The lowest BCUT2D eigenvalue weighted by Crippen LogP contribution is -2.27. The van der Waals surface area contributed by atoms with Crippen LogP contribution in [0, 0.1) is 6.92 Å². The van der Waals surface area contributed by atoms with E-state index in [-0.39, 0.29) is 0 Å². The van der Waals surface area contributed by atoms with Crippen molar-refractivity contribution in [2.24, 2.45) is 0 Å². The molecule has 1 unspecified atom stereocenters. The lowest BCUT2D eigenvalue weighted by molar-refractivity contribution is -0.149. The Labute approximate surface area is 90.5 Å². The molecular weight excluding hydrogens is 216 g/mol. The molecule has 1 N–H and O–H groups in total. The molecule has 15 heavy (non-hydrogen) atoms. The van der Waals surface area contributed by atoms with Gasteiger partial charge in [-0.15, -0.1) is 11.3 Å². The van der Waals surface area contributed by atoms with Crippen molar-refractivity contribution in [3.63, 3.8) is 0 Å². The second kappa shape index (κ2) is 3.98. The Morgan fingerprint density at radius 3 is 2.93 bits per heavy atom. The number of thiazole rings is 1. The Kier molecular flexibility index (Phi) is 2.68. The number of nitrogens with zero attached hydrogens (tertiary/aromatic N) is 1. The Morgan fingerprint density at radius 2 is 2.40 bits per heavy atom. The summed E-state index contributed by atoms with van der Waals surface area (Å²) in [5, 5.41) is 2.45. The Balaban J connectivity index is 1.87. The number of ether oxygens (including phenoxy) is 1. The van der Waals surface area contributed by atoms with Crippen molar-refractivity contribution in [1.29, 1.82) is 0 Å². The van der Waals surface area contributed by atoms with Gasteiger partial charge in [0.05, 0.1) is 11.2 Å². The molecule has 0 aliphatic carbocycles. The molecule has 1 aromatic rings. The molecule has 0 saturated carbocycles. The van der Waals surface area contributed by atoms with Crippen molar-refractivity contribution in [3.05, 3.63) is 16.1 Å². The summed E-state index contributed by atoms with van der Waals surface area (Å²) in [6, 6.07) is 0. The number of nitrogens with one attached hydrogen (secondary N) is 1. The van der Waals surface area contributed by atoms with Crippen LogP contribution in [0.25, 0.3) is 0 Å². The number of aromatic nitrogens is 1. The maximum absolute atomic E-state index is 10.8. The largest absolute Gasteiger partial charge is 0.435 e. The van der Waals surface area contributed by atoms with Crippen LogP contribution in [0.1, 0.15) is 17.0 Å². The topological polar surface area (TPSA) is 68.3 Å². The Bertz CT molecular complexity index is 386. The first-order valence-corrected chi connectivity index (χ1v) is 5.45. The summed E-state index contributed by atoms with van der Waals surface area (Å²) in [5.41, 5.74) is 2.78. The van der Waals surface area contributed by atoms with Gasteiger partial charge in [0.15, 0.2) is 6.23 Å². The van der Waals surface area contributed by atoms with Gasteiger partial charge in [0, 0.05) is 11.3 Å². The van der Waals surface area contributed by atoms with Gasteiger partial charge in [0.1, 0.15) is 0 Å². The molecule has 80 valence electrons. The smallest absolute Gasteiger partial charge is 0.398 e. The van der Waals surface area contributed by atoms with Crippen molar-refractivity contribution in [2.45, 2.75) is 26.0 Å². The Morgan fingerprint density at radius 1 is 1.60 bits per heavy atom. The van der Waals surface area contributed by atoms with Gasteiger partial charge in [-0.25, -0.2) is 9.78 Å². The molecule has 1 aliphatic heterocycles. The SMILES string of the molecule is Cc1scnc1CCC1NC(=O)C(=O)O1. The van der Waals surface area contributed by atoms with Gasteiger partial charge in [0.2, 0.25) is 0 Å². The van der Waals surface area contributed by atoms with E-state index >= 15 is 0 Å². The zero-order valence-corrected chi connectivity index (χ0v) is 8.97. The fraction of sp³-hybridized carbons (Fsp3) is 0.444. The second-order valence-electron chi connectivity index (χ2n) is 3.26. The van der Waals surface area contributed by atoms with Gasteiger partial charge in [-0.1, -0.05) is 0 Å². The van der Waals surface area contributed by atoms with Crippen LogP contribution >= 0.6 is 11.3 Å². The standard InChI is InChI=1S/C9H10N2O3S/c1-5-6(10-4-15-5)2-3-7-11-8(12)9(13)14-7/h4,7H,2-3H2,1H3,(H,11,12). The zero-order valence-electron chi connectivity index (χ0n) is 8.15. The first kappa shape index (κ1) is 10.1. The second-order valence-corrected chi connectivity index (χ2v) is 4.32. The number of cyclic esters (lactones) is 1. The average molecular weight is 226 g/mol. The number of esters is 1. The summed E-state index contributed by atoms with van der Waals surface area (Å²) in [4.78, 5) is 26.9. The van der Waals surface area contributed by atoms with E-state index in [4.69, 9.17) is 4.74 Å². The van der Waals surface area contributed by atoms with E-state index in [1.54, 1.807) is 16.8 Å². The lowest BCUT2D eigenvalue weighted by atomic mass is 10.2. The molecule has 5 nitrogen and oxygen atoms in total. The van der Waals surface area contributed by atoms with Gasteiger partial charge in [-0.3, -0.25) is 4.79 Å². The first-order valence-electron chi connectivity index (χ1n) is 4.57. The van der Waals surface area contributed by atoms with Crippen LogP contribution in [0.5, 0.6) is 0 Å². The molecule has 6 heteroatoms. The maximum Gasteiger partial charge on any atom is 0.398 e. The average Bonchev–Trinajstić information content (AvgIpc) is 2.72. The number of carbonyl (C=O) groups is 2. The highest BCUT2D eigenvalue weighted by atomic mass is 32.1. The fourth-order valence-electron chi connectivity index (χ4n) is 1.38. The molecule has 1 amide bonds. The highest BCUT2D eigenvalue weighted by Gasteiger charge is 2.30.